The lowest BCUT2D eigenvalue weighted by atomic mass is 9.89. The SMILES string of the molecule is C=C1CCC2(CCCO2)C(=O)N1. The smallest absolute Gasteiger partial charge is 0.256 e. The average molecular weight is 167 g/mol. The largest absolute Gasteiger partial charge is 0.365 e. The molecule has 2 saturated heterocycles. The van der Waals surface area contributed by atoms with Crippen LogP contribution < -0.4 is 5.32 Å². The van der Waals surface area contributed by atoms with Gasteiger partial charge in [0.15, 0.2) is 0 Å². The van der Waals surface area contributed by atoms with Gasteiger partial charge in [-0.15, -0.1) is 0 Å². The number of amides is 1. The van der Waals surface area contributed by atoms with Crippen molar-refractivity contribution in [3.63, 3.8) is 0 Å². The molecule has 12 heavy (non-hydrogen) atoms. The van der Waals surface area contributed by atoms with E-state index >= 15 is 0 Å². The maximum absolute atomic E-state index is 11.5. The van der Waals surface area contributed by atoms with Gasteiger partial charge in [-0.25, -0.2) is 0 Å². The van der Waals surface area contributed by atoms with E-state index < -0.39 is 5.60 Å². The van der Waals surface area contributed by atoms with E-state index in [-0.39, 0.29) is 5.91 Å². The maximum atomic E-state index is 11.5. The quantitative estimate of drug-likeness (QED) is 0.583. The first-order valence-electron chi connectivity index (χ1n) is 4.36. The van der Waals surface area contributed by atoms with Crippen LogP contribution in [0.15, 0.2) is 12.3 Å². The Bertz CT molecular complexity index is 229. The van der Waals surface area contributed by atoms with Gasteiger partial charge in [0.05, 0.1) is 0 Å². The molecule has 2 fully saturated rings. The van der Waals surface area contributed by atoms with Crippen LogP contribution in [0.2, 0.25) is 0 Å². The molecule has 0 aromatic heterocycles. The Morgan fingerprint density at radius 3 is 2.92 bits per heavy atom. The standard InChI is InChI=1S/C9H13NO2/c1-7-3-5-9(8(11)10-7)4-2-6-12-9/h1-6H2,(H,10,11). The van der Waals surface area contributed by atoms with E-state index in [4.69, 9.17) is 4.74 Å². The Labute approximate surface area is 71.8 Å². The van der Waals surface area contributed by atoms with Crippen molar-refractivity contribution < 1.29 is 9.53 Å². The summed E-state index contributed by atoms with van der Waals surface area (Å²) in [6, 6.07) is 0. The van der Waals surface area contributed by atoms with Crippen LogP contribution >= 0.6 is 0 Å². The van der Waals surface area contributed by atoms with Gasteiger partial charge in [0, 0.05) is 12.3 Å². The molecule has 3 heteroatoms. The van der Waals surface area contributed by atoms with Gasteiger partial charge in [-0.1, -0.05) is 6.58 Å². The molecule has 0 aromatic rings. The van der Waals surface area contributed by atoms with Crippen molar-refractivity contribution in [3.8, 4) is 0 Å². The summed E-state index contributed by atoms with van der Waals surface area (Å²) in [5.74, 6) is 0.0104. The average Bonchev–Trinajstić information content (AvgIpc) is 2.48. The normalized spacial score (nSPS) is 35.7. The van der Waals surface area contributed by atoms with Crippen LogP contribution in [0, 0.1) is 0 Å². The predicted molar refractivity (Wildman–Crippen MR) is 44.4 cm³/mol. The first-order chi connectivity index (χ1) is 5.73. The molecular weight excluding hydrogens is 154 g/mol. The first kappa shape index (κ1) is 7.80. The summed E-state index contributed by atoms with van der Waals surface area (Å²) >= 11 is 0. The molecule has 2 heterocycles. The second-order valence-corrected chi connectivity index (χ2v) is 3.50. The fraction of sp³-hybridized carbons (Fsp3) is 0.667. The topological polar surface area (TPSA) is 38.3 Å². The van der Waals surface area contributed by atoms with Crippen molar-refractivity contribution in [3.05, 3.63) is 12.3 Å². The van der Waals surface area contributed by atoms with E-state index in [1.807, 2.05) is 0 Å². The second-order valence-electron chi connectivity index (χ2n) is 3.50. The zero-order valence-corrected chi connectivity index (χ0v) is 7.06. The minimum absolute atomic E-state index is 0.0104. The summed E-state index contributed by atoms with van der Waals surface area (Å²) in [6.07, 6.45) is 3.52. The Balaban J connectivity index is 2.16. The molecule has 0 aliphatic carbocycles. The highest BCUT2D eigenvalue weighted by Crippen LogP contribution is 2.34. The van der Waals surface area contributed by atoms with Crippen molar-refractivity contribution in [1.29, 1.82) is 0 Å². The van der Waals surface area contributed by atoms with Crippen molar-refractivity contribution in [2.45, 2.75) is 31.3 Å². The van der Waals surface area contributed by atoms with Crippen LogP contribution in [0.25, 0.3) is 0 Å². The molecule has 2 aliphatic heterocycles. The maximum Gasteiger partial charge on any atom is 0.256 e. The van der Waals surface area contributed by atoms with Gasteiger partial charge in [-0.3, -0.25) is 4.79 Å². The third-order valence-corrected chi connectivity index (χ3v) is 2.64. The van der Waals surface area contributed by atoms with Gasteiger partial charge in [0.1, 0.15) is 5.60 Å². The lowest BCUT2D eigenvalue weighted by Crippen LogP contribution is -2.49. The molecule has 3 nitrogen and oxygen atoms in total. The molecule has 0 radical (unpaired) electrons. The van der Waals surface area contributed by atoms with Crippen LogP contribution in [0.3, 0.4) is 0 Å². The number of carbonyl (C=O) groups is 1. The van der Waals surface area contributed by atoms with Crippen LogP contribution in [0.5, 0.6) is 0 Å². The minimum atomic E-state index is -0.499. The van der Waals surface area contributed by atoms with E-state index in [1.165, 1.54) is 0 Å². The molecule has 1 unspecified atom stereocenters. The van der Waals surface area contributed by atoms with Crippen molar-refractivity contribution in [1.82, 2.24) is 5.32 Å². The summed E-state index contributed by atoms with van der Waals surface area (Å²) < 4.78 is 5.49. The number of hydrogen-bond donors (Lipinski definition) is 1. The molecule has 1 N–H and O–H groups in total. The minimum Gasteiger partial charge on any atom is -0.365 e. The van der Waals surface area contributed by atoms with Gasteiger partial charge in [-0.05, 0) is 25.7 Å². The predicted octanol–water partition coefficient (Wildman–Crippen LogP) is 0.959. The van der Waals surface area contributed by atoms with E-state index in [1.54, 1.807) is 0 Å². The van der Waals surface area contributed by atoms with Crippen LogP contribution in [0.4, 0.5) is 0 Å². The van der Waals surface area contributed by atoms with Gasteiger partial charge >= 0.3 is 0 Å². The highest BCUT2D eigenvalue weighted by molar-refractivity contribution is 5.87. The van der Waals surface area contributed by atoms with Gasteiger partial charge < -0.3 is 10.1 Å². The number of allylic oxidation sites excluding steroid dienone is 1. The Morgan fingerprint density at radius 1 is 1.50 bits per heavy atom. The number of carbonyl (C=O) groups excluding carboxylic acids is 1. The second kappa shape index (κ2) is 2.59. The Hall–Kier alpha value is -0.830. The summed E-state index contributed by atoms with van der Waals surface area (Å²) in [4.78, 5) is 11.5. The summed E-state index contributed by atoms with van der Waals surface area (Å²) in [7, 11) is 0. The fourth-order valence-electron chi connectivity index (χ4n) is 1.88. The molecule has 1 amide bonds. The first-order valence-corrected chi connectivity index (χ1v) is 4.36. The molecular formula is C9H13NO2. The molecule has 2 aliphatic rings. The van der Waals surface area contributed by atoms with Crippen molar-refractivity contribution >= 4 is 5.91 Å². The highest BCUT2D eigenvalue weighted by Gasteiger charge is 2.44. The van der Waals surface area contributed by atoms with E-state index in [0.717, 1.165) is 38.0 Å². The molecule has 0 aromatic carbocycles. The van der Waals surface area contributed by atoms with Crippen LogP contribution in [-0.4, -0.2) is 18.1 Å². The number of hydrogen-bond acceptors (Lipinski definition) is 2. The third kappa shape index (κ3) is 1.05. The molecule has 1 spiro atoms. The number of ether oxygens (including phenoxy) is 1. The molecule has 1 atom stereocenters. The molecule has 0 saturated carbocycles. The zero-order valence-electron chi connectivity index (χ0n) is 7.06. The highest BCUT2D eigenvalue weighted by atomic mass is 16.5. The van der Waals surface area contributed by atoms with E-state index in [0.29, 0.717) is 0 Å². The molecule has 66 valence electrons. The Morgan fingerprint density at radius 2 is 2.33 bits per heavy atom. The van der Waals surface area contributed by atoms with Crippen LogP contribution in [0.1, 0.15) is 25.7 Å². The van der Waals surface area contributed by atoms with Crippen molar-refractivity contribution in [2.75, 3.05) is 6.61 Å². The van der Waals surface area contributed by atoms with E-state index in [9.17, 15) is 4.79 Å². The van der Waals surface area contributed by atoms with Crippen LogP contribution in [-0.2, 0) is 9.53 Å². The number of rotatable bonds is 0. The summed E-state index contributed by atoms with van der Waals surface area (Å²) in [6.45, 7) is 4.45. The Kier molecular flexibility index (Phi) is 1.68. The fourth-order valence-corrected chi connectivity index (χ4v) is 1.88. The zero-order chi connectivity index (χ0) is 8.60. The number of piperidine rings is 1. The monoisotopic (exact) mass is 167 g/mol. The van der Waals surface area contributed by atoms with Crippen molar-refractivity contribution in [2.24, 2.45) is 0 Å². The van der Waals surface area contributed by atoms with E-state index in [2.05, 4.69) is 11.9 Å². The lowest BCUT2D eigenvalue weighted by Gasteiger charge is -2.32. The molecule has 0 bridgehead atoms. The summed E-state index contributed by atoms with van der Waals surface area (Å²) in [5, 5.41) is 2.75. The lowest BCUT2D eigenvalue weighted by molar-refractivity contribution is -0.143. The molecule has 2 rings (SSSR count). The third-order valence-electron chi connectivity index (χ3n) is 2.64. The van der Waals surface area contributed by atoms with Gasteiger partial charge in [0.25, 0.3) is 5.91 Å². The van der Waals surface area contributed by atoms with Gasteiger partial charge in [-0.2, -0.15) is 0 Å². The summed E-state index contributed by atoms with van der Waals surface area (Å²) in [5.41, 5.74) is 0.322. The number of nitrogens with one attached hydrogen (secondary N) is 1. The van der Waals surface area contributed by atoms with Gasteiger partial charge in [0.2, 0.25) is 0 Å².